The van der Waals surface area contributed by atoms with Crippen LogP contribution in [0.15, 0.2) is 187 Å². The molecule has 61 heavy (non-hydrogen) atoms. The highest BCUT2D eigenvalue weighted by Gasteiger charge is 2.53. The molecule has 1 heterocycles. The minimum atomic E-state index is -0.431. The third-order valence-electron chi connectivity index (χ3n) is 14.3. The van der Waals surface area contributed by atoms with E-state index in [1.54, 1.807) is 0 Å². The second kappa shape index (κ2) is 12.7. The lowest BCUT2D eigenvalue weighted by atomic mass is 9.69. The first-order valence-corrected chi connectivity index (χ1v) is 21.8. The summed E-state index contributed by atoms with van der Waals surface area (Å²) in [5.41, 5.74) is 21.1. The van der Waals surface area contributed by atoms with Gasteiger partial charge in [-0.3, -0.25) is 0 Å². The number of fused-ring (bicyclic) bond motifs is 14. The maximum Gasteiger partial charge on any atom is 0.194 e. The van der Waals surface area contributed by atoms with Gasteiger partial charge in [0, 0.05) is 16.8 Å². The van der Waals surface area contributed by atoms with Crippen molar-refractivity contribution in [1.82, 2.24) is 0 Å². The molecule has 13 rings (SSSR count). The van der Waals surface area contributed by atoms with Gasteiger partial charge in [0.2, 0.25) is 0 Å². The molecule has 6 aliphatic rings. The lowest BCUT2D eigenvalue weighted by Crippen LogP contribution is -2.27. The zero-order valence-corrected chi connectivity index (χ0v) is 34.3. The Hall–Kier alpha value is -7.10. The zero-order valence-electron chi connectivity index (χ0n) is 34.3. The standard InChI is InChI=1S/C58H43NO2/c1-57(2)46-24-10-6-20-40(46)44-31-30-39(33-50(44)57)59(38-19-14-18-37(32-38)36-16-4-3-5-17-36)52-28-15-29-53-56(52)61-55-35-51-45(34-54(55)60-53)43-23-9-13-27-49(43)58(51)47-25-11-7-21-41(47)42-22-8-12-26-48(42)58/h3-7,9-13,15-17,19-21,23-35H,8,14,18,22H2,1-2H3. The molecule has 0 N–H and O–H groups in total. The number of para-hydroxylation sites is 1. The fourth-order valence-corrected chi connectivity index (χ4v) is 11.6. The summed E-state index contributed by atoms with van der Waals surface area (Å²) in [7, 11) is 0. The molecule has 3 nitrogen and oxygen atoms in total. The highest BCUT2D eigenvalue weighted by molar-refractivity contribution is 5.97. The first-order chi connectivity index (χ1) is 30.0. The summed E-state index contributed by atoms with van der Waals surface area (Å²) in [6, 6.07) is 55.6. The van der Waals surface area contributed by atoms with E-state index in [1.165, 1.54) is 77.9 Å². The van der Waals surface area contributed by atoms with Crippen molar-refractivity contribution in [2.75, 3.05) is 4.90 Å². The topological polar surface area (TPSA) is 21.7 Å². The van der Waals surface area contributed by atoms with E-state index >= 15 is 0 Å². The number of anilines is 2. The monoisotopic (exact) mass is 785 g/mol. The van der Waals surface area contributed by atoms with Crippen LogP contribution in [0.4, 0.5) is 11.4 Å². The molecule has 1 unspecified atom stereocenters. The van der Waals surface area contributed by atoms with Gasteiger partial charge in [0.15, 0.2) is 23.0 Å². The molecular weight excluding hydrogens is 743 g/mol. The largest absolute Gasteiger partial charge is 0.449 e. The summed E-state index contributed by atoms with van der Waals surface area (Å²) in [6.45, 7) is 4.71. The van der Waals surface area contributed by atoms with E-state index in [2.05, 4.69) is 189 Å². The Kier molecular flexibility index (Phi) is 7.23. The van der Waals surface area contributed by atoms with Crippen LogP contribution in [0.1, 0.15) is 78.5 Å². The van der Waals surface area contributed by atoms with Gasteiger partial charge in [-0.2, -0.15) is 0 Å². The lowest BCUT2D eigenvalue weighted by molar-refractivity contribution is 0.360. The van der Waals surface area contributed by atoms with Gasteiger partial charge < -0.3 is 14.4 Å². The molecule has 0 radical (unpaired) electrons. The molecule has 0 amide bonds. The molecule has 0 fully saturated rings. The average Bonchev–Trinajstić information content (AvgIpc) is 3.86. The van der Waals surface area contributed by atoms with Gasteiger partial charge in [-0.1, -0.05) is 147 Å². The van der Waals surface area contributed by atoms with Crippen LogP contribution in [0.3, 0.4) is 0 Å². The van der Waals surface area contributed by atoms with Crippen LogP contribution in [0.5, 0.6) is 23.0 Å². The molecule has 1 spiro atoms. The Bertz CT molecular complexity index is 3180. The van der Waals surface area contributed by atoms with Crippen molar-refractivity contribution in [2.45, 2.75) is 50.4 Å². The van der Waals surface area contributed by atoms with E-state index in [0.29, 0.717) is 11.5 Å². The molecule has 0 saturated heterocycles. The minimum absolute atomic E-state index is 0.149. The summed E-state index contributed by atoms with van der Waals surface area (Å²) in [4.78, 5) is 2.40. The van der Waals surface area contributed by atoms with Crippen molar-refractivity contribution in [3.05, 3.63) is 226 Å². The Morgan fingerprint density at radius 2 is 1.23 bits per heavy atom. The van der Waals surface area contributed by atoms with Crippen molar-refractivity contribution in [2.24, 2.45) is 0 Å². The average molecular weight is 786 g/mol. The Morgan fingerprint density at radius 3 is 2.07 bits per heavy atom. The van der Waals surface area contributed by atoms with Gasteiger partial charge in [-0.25, -0.2) is 0 Å². The fourth-order valence-electron chi connectivity index (χ4n) is 11.6. The molecule has 0 saturated carbocycles. The van der Waals surface area contributed by atoms with Crippen molar-refractivity contribution in [1.29, 1.82) is 0 Å². The number of rotatable bonds is 4. The van der Waals surface area contributed by atoms with Crippen LogP contribution in [0.25, 0.3) is 33.4 Å². The second-order valence-corrected chi connectivity index (χ2v) is 17.8. The number of allylic oxidation sites excluding steroid dienone is 7. The van der Waals surface area contributed by atoms with Crippen molar-refractivity contribution >= 4 is 22.5 Å². The zero-order chi connectivity index (χ0) is 40.5. The highest BCUT2D eigenvalue weighted by atomic mass is 16.6. The molecule has 7 aromatic carbocycles. The van der Waals surface area contributed by atoms with Crippen LogP contribution >= 0.6 is 0 Å². The molecule has 5 aliphatic carbocycles. The summed E-state index contributed by atoms with van der Waals surface area (Å²) in [5.74, 6) is 2.90. The van der Waals surface area contributed by atoms with E-state index in [1.807, 2.05) is 6.07 Å². The van der Waals surface area contributed by atoms with Crippen LogP contribution in [-0.4, -0.2) is 0 Å². The Balaban J connectivity index is 0.990. The molecule has 1 aliphatic heterocycles. The molecule has 7 aromatic rings. The van der Waals surface area contributed by atoms with Crippen molar-refractivity contribution in [3.8, 4) is 45.3 Å². The van der Waals surface area contributed by atoms with E-state index < -0.39 is 5.41 Å². The SMILES string of the molecule is CC1(C)c2ccccc2-c2ccc(N(C3=CCCC(c4ccccc4)=C3)c3cccc4c3Oc3cc5c(cc3O4)-c3ccccc3C53C4=C(CCC=C4)c4ccccc43)cc21. The normalized spacial score (nSPS) is 18.9. The molecular formula is C58H43NO2. The second-order valence-electron chi connectivity index (χ2n) is 17.8. The van der Waals surface area contributed by atoms with Gasteiger partial charge in [0.1, 0.15) is 0 Å². The first-order valence-electron chi connectivity index (χ1n) is 21.8. The maximum absolute atomic E-state index is 7.30. The Morgan fingerprint density at radius 1 is 0.525 bits per heavy atom. The number of ether oxygens (including phenoxy) is 2. The van der Waals surface area contributed by atoms with Crippen LogP contribution in [-0.2, 0) is 10.8 Å². The van der Waals surface area contributed by atoms with Crippen LogP contribution in [0.2, 0.25) is 0 Å². The summed E-state index contributed by atoms with van der Waals surface area (Å²) in [5, 5.41) is 0. The van der Waals surface area contributed by atoms with Gasteiger partial charge in [0.25, 0.3) is 0 Å². The molecule has 0 aromatic heterocycles. The maximum atomic E-state index is 7.30. The van der Waals surface area contributed by atoms with E-state index in [9.17, 15) is 0 Å². The fraction of sp³-hybridized carbons (Fsp3) is 0.138. The third-order valence-corrected chi connectivity index (χ3v) is 14.3. The number of hydrogen-bond donors (Lipinski definition) is 0. The third kappa shape index (κ3) is 4.75. The number of hydrogen-bond acceptors (Lipinski definition) is 3. The van der Waals surface area contributed by atoms with Crippen LogP contribution < -0.4 is 14.4 Å². The van der Waals surface area contributed by atoms with Crippen LogP contribution in [0, 0.1) is 0 Å². The summed E-state index contributed by atoms with van der Waals surface area (Å²) < 4.78 is 14.3. The predicted molar refractivity (Wildman–Crippen MR) is 248 cm³/mol. The van der Waals surface area contributed by atoms with Gasteiger partial charge in [0.05, 0.1) is 11.1 Å². The smallest absolute Gasteiger partial charge is 0.194 e. The number of benzene rings is 7. The van der Waals surface area contributed by atoms with E-state index in [-0.39, 0.29) is 5.41 Å². The van der Waals surface area contributed by atoms with Gasteiger partial charge >= 0.3 is 0 Å². The quantitative estimate of drug-likeness (QED) is 0.177. The molecule has 292 valence electrons. The van der Waals surface area contributed by atoms with Gasteiger partial charge in [-0.15, -0.1) is 0 Å². The first kappa shape index (κ1) is 34.7. The highest BCUT2D eigenvalue weighted by Crippen LogP contribution is 2.65. The minimum Gasteiger partial charge on any atom is -0.449 e. The molecule has 1 atom stereocenters. The van der Waals surface area contributed by atoms with E-state index in [4.69, 9.17) is 9.47 Å². The molecule has 0 bridgehead atoms. The predicted octanol–water partition coefficient (Wildman–Crippen LogP) is 15.2. The number of nitrogens with zero attached hydrogens (tertiary/aromatic N) is 1. The van der Waals surface area contributed by atoms with Crippen molar-refractivity contribution < 1.29 is 9.47 Å². The summed E-state index contributed by atoms with van der Waals surface area (Å²) in [6.07, 6.45) is 13.5. The molecule has 3 heteroatoms. The Labute approximate surface area is 357 Å². The summed E-state index contributed by atoms with van der Waals surface area (Å²) >= 11 is 0. The van der Waals surface area contributed by atoms with E-state index in [0.717, 1.165) is 54.3 Å². The lowest BCUT2D eigenvalue weighted by Gasteiger charge is -2.34. The van der Waals surface area contributed by atoms with Crippen molar-refractivity contribution in [3.63, 3.8) is 0 Å². The van der Waals surface area contributed by atoms with Gasteiger partial charge in [-0.05, 0) is 146 Å².